The molecule has 0 aliphatic heterocycles. The van der Waals surface area contributed by atoms with Gasteiger partial charge in [-0.25, -0.2) is 0 Å². The fourth-order valence-electron chi connectivity index (χ4n) is 2.21. The molecule has 2 aromatic rings. The van der Waals surface area contributed by atoms with Crippen LogP contribution in [0.15, 0.2) is 28.8 Å². The minimum atomic E-state index is -4.71. The van der Waals surface area contributed by atoms with Crippen LogP contribution in [0, 0.1) is 11.3 Å². The Bertz CT molecular complexity index is 788. The molecule has 1 heterocycles. The van der Waals surface area contributed by atoms with Crippen LogP contribution >= 0.6 is 0 Å². The number of hydrogen-bond donors (Lipinski definition) is 0. The van der Waals surface area contributed by atoms with Gasteiger partial charge in [-0.05, 0) is 25.0 Å². The second-order valence-corrected chi connectivity index (χ2v) is 5.32. The fourth-order valence-corrected chi connectivity index (χ4v) is 2.21. The summed E-state index contributed by atoms with van der Waals surface area (Å²) < 4.78 is 41.5. The number of carbonyl (C=O) groups excluding carboxylic acids is 1. The van der Waals surface area contributed by atoms with E-state index in [4.69, 9.17) is 5.26 Å². The van der Waals surface area contributed by atoms with Gasteiger partial charge in [0.1, 0.15) is 6.54 Å². The standard InChI is InChI=1S/C15H11F3N4O2/c16-15(17,18)14-20-12(21-24-14)9-1-3-10(4-2-9)13(23)22(8-7-19)11-5-6-11/h1-4,11H,5-6,8H2. The van der Waals surface area contributed by atoms with Gasteiger partial charge in [-0.2, -0.15) is 23.4 Å². The molecule has 0 atom stereocenters. The zero-order chi connectivity index (χ0) is 17.3. The van der Waals surface area contributed by atoms with Gasteiger partial charge in [0.15, 0.2) is 0 Å². The minimum absolute atomic E-state index is 0.00500. The summed E-state index contributed by atoms with van der Waals surface area (Å²) in [6, 6.07) is 7.86. The Morgan fingerprint density at radius 1 is 1.33 bits per heavy atom. The maximum Gasteiger partial charge on any atom is 0.471 e. The van der Waals surface area contributed by atoms with Crippen molar-refractivity contribution in [1.29, 1.82) is 5.26 Å². The van der Waals surface area contributed by atoms with E-state index in [0.717, 1.165) is 12.8 Å². The molecule has 1 amide bonds. The molecule has 124 valence electrons. The molecule has 0 saturated heterocycles. The number of rotatable bonds is 4. The molecule has 1 aliphatic rings. The van der Waals surface area contributed by atoms with Crippen molar-refractivity contribution in [2.45, 2.75) is 25.1 Å². The smallest absolute Gasteiger partial charge is 0.329 e. The lowest BCUT2D eigenvalue weighted by Gasteiger charge is -2.18. The van der Waals surface area contributed by atoms with Crippen LogP contribution in [0.1, 0.15) is 29.1 Å². The van der Waals surface area contributed by atoms with Crippen LogP contribution < -0.4 is 0 Å². The molecule has 1 fully saturated rings. The van der Waals surface area contributed by atoms with Crippen molar-refractivity contribution < 1.29 is 22.5 Å². The van der Waals surface area contributed by atoms with E-state index < -0.39 is 12.1 Å². The molecule has 3 rings (SSSR count). The third-order valence-corrected chi connectivity index (χ3v) is 3.55. The molecule has 1 aromatic carbocycles. The molecule has 1 aromatic heterocycles. The van der Waals surface area contributed by atoms with E-state index in [1.807, 2.05) is 6.07 Å². The molecule has 0 N–H and O–H groups in total. The van der Waals surface area contributed by atoms with E-state index in [-0.39, 0.29) is 24.3 Å². The largest absolute Gasteiger partial charge is 0.471 e. The second kappa shape index (κ2) is 5.96. The summed E-state index contributed by atoms with van der Waals surface area (Å²) in [6.45, 7) is 0.00500. The Labute approximate surface area is 134 Å². The maximum absolute atomic E-state index is 12.5. The van der Waals surface area contributed by atoms with Crippen LogP contribution in [-0.4, -0.2) is 33.5 Å². The molecule has 24 heavy (non-hydrogen) atoms. The minimum Gasteiger partial charge on any atom is -0.329 e. The third kappa shape index (κ3) is 3.22. The highest BCUT2D eigenvalue weighted by atomic mass is 19.4. The summed E-state index contributed by atoms with van der Waals surface area (Å²) in [7, 11) is 0. The summed E-state index contributed by atoms with van der Waals surface area (Å²) >= 11 is 0. The number of carbonyl (C=O) groups is 1. The van der Waals surface area contributed by atoms with E-state index in [1.165, 1.54) is 29.2 Å². The van der Waals surface area contributed by atoms with Gasteiger partial charge < -0.3 is 9.42 Å². The normalized spacial score (nSPS) is 14.2. The Kier molecular flexibility index (Phi) is 3.97. The highest BCUT2D eigenvalue weighted by Crippen LogP contribution is 2.30. The monoisotopic (exact) mass is 336 g/mol. The Hall–Kier alpha value is -2.89. The topological polar surface area (TPSA) is 83.0 Å². The van der Waals surface area contributed by atoms with Gasteiger partial charge in [-0.15, -0.1) is 0 Å². The maximum atomic E-state index is 12.5. The number of alkyl halides is 3. The van der Waals surface area contributed by atoms with Crippen LogP contribution in [-0.2, 0) is 6.18 Å². The first-order valence-electron chi connectivity index (χ1n) is 7.09. The SMILES string of the molecule is N#CCN(C(=O)c1ccc(-c2noc(C(F)(F)F)n2)cc1)C1CC1. The van der Waals surface area contributed by atoms with Crippen LogP contribution in [0.5, 0.6) is 0 Å². The number of halogens is 3. The van der Waals surface area contributed by atoms with Gasteiger partial charge >= 0.3 is 12.1 Å². The van der Waals surface area contributed by atoms with E-state index >= 15 is 0 Å². The third-order valence-electron chi connectivity index (χ3n) is 3.55. The van der Waals surface area contributed by atoms with Crippen LogP contribution in [0.4, 0.5) is 13.2 Å². The van der Waals surface area contributed by atoms with E-state index in [2.05, 4.69) is 14.7 Å². The summed E-state index contributed by atoms with van der Waals surface area (Å²) in [5, 5.41) is 12.1. The van der Waals surface area contributed by atoms with Crippen molar-refractivity contribution in [3.05, 3.63) is 35.7 Å². The Morgan fingerprint density at radius 3 is 2.50 bits per heavy atom. The van der Waals surface area contributed by atoms with E-state index in [0.29, 0.717) is 11.1 Å². The van der Waals surface area contributed by atoms with Crippen molar-refractivity contribution in [1.82, 2.24) is 15.0 Å². The average molecular weight is 336 g/mol. The van der Waals surface area contributed by atoms with Crippen LogP contribution in [0.25, 0.3) is 11.4 Å². The van der Waals surface area contributed by atoms with Gasteiger partial charge in [-0.3, -0.25) is 4.79 Å². The average Bonchev–Trinajstić information content (AvgIpc) is 3.26. The highest BCUT2D eigenvalue weighted by Gasteiger charge is 2.38. The van der Waals surface area contributed by atoms with Gasteiger partial charge in [0.05, 0.1) is 6.07 Å². The Balaban J connectivity index is 1.79. The summed E-state index contributed by atoms with van der Waals surface area (Å²) in [5.74, 6) is -1.92. The van der Waals surface area contributed by atoms with Crippen LogP contribution in [0.3, 0.4) is 0 Å². The van der Waals surface area contributed by atoms with E-state index in [1.54, 1.807) is 0 Å². The summed E-state index contributed by atoms with van der Waals surface area (Å²) in [4.78, 5) is 17.2. The molecule has 0 radical (unpaired) electrons. The number of benzene rings is 1. The predicted molar refractivity (Wildman–Crippen MR) is 74.4 cm³/mol. The quantitative estimate of drug-likeness (QED) is 0.802. The molecule has 0 bridgehead atoms. The zero-order valence-corrected chi connectivity index (χ0v) is 12.2. The molecular formula is C15H11F3N4O2. The predicted octanol–water partition coefficient (Wildman–Crippen LogP) is 2.88. The molecular weight excluding hydrogens is 325 g/mol. The van der Waals surface area contributed by atoms with Crippen molar-refractivity contribution in [3.63, 3.8) is 0 Å². The molecule has 9 heteroatoms. The number of hydrogen-bond acceptors (Lipinski definition) is 5. The van der Waals surface area contributed by atoms with Gasteiger partial charge in [0.2, 0.25) is 5.82 Å². The second-order valence-electron chi connectivity index (χ2n) is 5.32. The highest BCUT2D eigenvalue weighted by molar-refractivity contribution is 5.95. The van der Waals surface area contributed by atoms with Gasteiger partial charge in [0.25, 0.3) is 5.91 Å². The number of aromatic nitrogens is 2. The first-order valence-corrected chi connectivity index (χ1v) is 7.09. The van der Waals surface area contributed by atoms with Crippen molar-refractivity contribution >= 4 is 5.91 Å². The summed E-state index contributed by atoms with van der Waals surface area (Å²) in [6.07, 6.45) is -2.97. The van der Waals surface area contributed by atoms with E-state index in [9.17, 15) is 18.0 Å². The molecule has 1 saturated carbocycles. The number of nitriles is 1. The Morgan fingerprint density at radius 2 is 2.00 bits per heavy atom. The fraction of sp³-hybridized carbons (Fsp3) is 0.333. The molecule has 0 spiro atoms. The van der Waals surface area contributed by atoms with Gasteiger partial charge in [0, 0.05) is 17.2 Å². The lowest BCUT2D eigenvalue weighted by molar-refractivity contribution is -0.159. The van der Waals surface area contributed by atoms with Gasteiger partial charge in [-0.1, -0.05) is 17.3 Å². The van der Waals surface area contributed by atoms with Crippen molar-refractivity contribution in [2.75, 3.05) is 6.54 Å². The molecule has 6 nitrogen and oxygen atoms in total. The molecule has 1 aliphatic carbocycles. The first kappa shape index (κ1) is 16.0. The molecule has 0 unspecified atom stereocenters. The summed E-state index contributed by atoms with van der Waals surface area (Å²) in [5.41, 5.74) is 0.643. The zero-order valence-electron chi connectivity index (χ0n) is 12.2. The lowest BCUT2D eigenvalue weighted by atomic mass is 10.1. The van der Waals surface area contributed by atoms with Crippen molar-refractivity contribution in [2.24, 2.45) is 0 Å². The van der Waals surface area contributed by atoms with Crippen LogP contribution in [0.2, 0.25) is 0 Å². The van der Waals surface area contributed by atoms with Crippen molar-refractivity contribution in [3.8, 4) is 17.5 Å². The number of nitrogens with zero attached hydrogens (tertiary/aromatic N) is 4. The number of amides is 1. The first-order chi connectivity index (χ1) is 11.4. The lowest BCUT2D eigenvalue weighted by Crippen LogP contribution is -2.33.